The summed E-state index contributed by atoms with van der Waals surface area (Å²) in [5.41, 5.74) is 7.15. The highest BCUT2D eigenvalue weighted by atomic mass is 28.3. The molecular formula is C46H64FN7O4Si2. The first-order valence-electron chi connectivity index (χ1n) is 21.7. The molecule has 1 saturated heterocycles. The van der Waals surface area contributed by atoms with E-state index in [1.165, 1.54) is 0 Å². The average Bonchev–Trinajstić information content (AvgIpc) is 3.91. The number of imidazole rings is 1. The van der Waals surface area contributed by atoms with Gasteiger partial charge in [0.15, 0.2) is 17.4 Å². The quantitative estimate of drug-likeness (QED) is 0.0680. The van der Waals surface area contributed by atoms with Crippen LogP contribution in [0.3, 0.4) is 0 Å². The van der Waals surface area contributed by atoms with Crippen LogP contribution in [0.2, 0.25) is 51.4 Å². The summed E-state index contributed by atoms with van der Waals surface area (Å²) in [6.07, 6.45) is 0.703. The maximum Gasteiger partial charge on any atom is 0.320 e. The van der Waals surface area contributed by atoms with Crippen LogP contribution in [0.25, 0.3) is 33.5 Å². The Labute approximate surface area is 357 Å². The van der Waals surface area contributed by atoms with Gasteiger partial charge in [0.2, 0.25) is 0 Å². The lowest BCUT2D eigenvalue weighted by Gasteiger charge is -2.36. The summed E-state index contributed by atoms with van der Waals surface area (Å²) >= 11 is 0. The molecule has 3 aromatic carbocycles. The molecule has 0 N–H and O–H groups in total. The molecule has 0 radical (unpaired) electrons. The molecule has 2 aliphatic heterocycles. The van der Waals surface area contributed by atoms with E-state index in [-0.39, 0.29) is 18.5 Å². The van der Waals surface area contributed by atoms with Crippen molar-refractivity contribution in [2.45, 2.75) is 105 Å². The summed E-state index contributed by atoms with van der Waals surface area (Å²) in [5, 5.41) is 6.14. The number of amides is 2. The van der Waals surface area contributed by atoms with Gasteiger partial charge in [0.25, 0.3) is 0 Å². The number of aromatic nitrogens is 4. The lowest BCUT2D eigenvalue weighted by atomic mass is 9.96. The van der Waals surface area contributed by atoms with Crippen molar-refractivity contribution < 1.29 is 23.4 Å². The molecule has 0 atom stereocenters. The molecule has 2 aromatic heterocycles. The lowest BCUT2D eigenvalue weighted by molar-refractivity contribution is 0.0812. The number of fused-ring (bicyclic) bond motifs is 2. The molecular weight excluding hydrogens is 790 g/mol. The molecule has 2 aliphatic rings. The van der Waals surface area contributed by atoms with Crippen LogP contribution in [0, 0.1) is 5.82 Å². The van der Waals surface area contributed by atoms with Crippen molar-refractivity contribution in [1.29, 1.82) is 0 Å². The van der Waals surface area contributed by atoms with E-state index in [0.29, 0.717) is 46.1 Å². The SMILES string of the molecule is CCc1cc(OCc2ccccc2)c(F)cc1-c1ccc2c(-c3nc4c(n3COCC[Si](C)(C)C)CN(C(=O)N3CCN(CC)CC3)C4)nn(COCC[Si](C)(C)C)c2c1. The first-order valence-corrected chi connectivity index (χ1v) is 29.1. The minimum Gasteiger partial charge on any atom is -0.486 e. The number of aryl methyl sites for hydroxylation is 1. The summed E-state index contributed by atoms with van der Waals surface area (Å²) in [5.74, 6) is 0.564. The van der Waals surface area contributed by atoms with E-state index in [9.17, 15) is 4.79 Å². The van der Waals surface area contributed by atoms with Crippen LogP contribution >= 0.6 is 0 Å². The zero-order chi connectivity index (χ0) is 42.6. The fraction of sp³-hybridized carbons (Fsp3) is 0.500. The zero-order valence-electron chi connectivity index (χ0n) is 37.0. The fourth-order valence-electron chi connectivity index (χ4n) is 7.84. The number of benzene rings is 3. The summed E-state index contributed by atoms with van der Waals surface area (Å²) in [6.45, 7) is 25.7. The second kappa shape index (κ2) is 18.7. The largest absolute Gasteiger partial charge is 0.486 e. The summed E-state index contributed by atoms with van der Waals surface area (Å²) in [4.78, 5) is 25.3. The Kier molecular flexibility index (Phi) is 13.7. The van der Waals surface area contributed by atoms with Crippen molar-refractivity contribution in [3.05, 3.63) is 89.0 Å². The van der Waals surface area contributed by atoms with Gasteiger partial charge in [0.1, 0.15) is 25.8 Å². The van der Waals surface area contributed by atoms with Crippen molar-refractivity contribution in [3.63, 3.8) is 0 Å². The Morgan fingerprint density at radius 3 is 2.18 bits per heavy atom. The van der Waals surface area contributed by atoms with Crippen LogP contribution in [0.5, 0.6) is 5.75 Å². The van der Waals surface area contributed by atoms with E-state index in [0.717, 1.165) is 101 Å². The van der Waals surface area contributed by atoms with E-state index < -0.39 is 22.0 Å². The van der Waals surface area contributed by atoms with Gasteiger partial charge in [-0.25, -0.2) is 18.9 Å². The van der Waals surface area contributed by atoms with E-state index in [2.05, 4.69) is 74.7 Å². The standard InChI is InChI=1S/C46H64FN7O4Si2/c1-9-35-27-43(58-31-34-14-12-11-13-15-34)39(47)28-38(35)36-16-17-37-41(26-36)54(33-57-23-25-60(6,7)8)49-44(37)45-48-40-29-52(46(55)51-20-18-50(10-2)19-21-51)30-42(40)53(45)32-56-22-24-59(3,4)5/h11-17,26-28H,9-10,18-25,29-33H2,1-8H3. The molecule has 322 valence electrons. The van der Waals surface area contributed by atoms with Crippen molar-refractivity contribution in [1.82, 2.24) is 34.0 Å². The second-order valence-corrected chi connectivity index (χ2v) is 29.9. The summed E-state index contributed by atoms with van der Waals surface area (Å²) in [7, 11) is -2.65. The van der Waals surface area contributed by atoms with Gasteiger partial charge < -0.3 is 33.5 Å². The molecule has 60 heavy (non-hydrogen) atoms. The van der Waals surface area contributed by atoms with Crippen LogP contribution in [-0.2, 0) is 49.1 Å². The average molecular weight is 854 g/mol. The van der Waals surface area contributed by atoms with Crippen LogP contribution in [0.1, 0.15) is 36.4 Å². The van der Waals surface area contributed by atoms with Crippen molar-refractivity contribution in [2.75, 3.05) is 45.9 Å². The third-order valence-corrected chi connectivity index (χ3v) is 15.1. The molecule has 14 heteroatoms. The molecule has 0 bridgehead atoms. The number of hydrogen-bond donors (Lipinski definition) is 0. The highest BCUT2D eigenvalue weighted by Crippen LogP contribution is 2.37. The maximum absolute atomic E-state index is 15.8. The topological polar surface area (TPSA) is 90.1 Å². The first-order chi connectivity index (χ1) is 28.7. The molecule has 0 unspecified atom stereocenters. The minimum atomic E-state index is -1.33. The van der Waals surface area contributed by atoms with Crippen LogP contribution in [-0.4, -0.2) is 102 Å². The number of halogens is 1. The second-order valence-electron chi connectivity index (χ2n) is 18.7. The van der Waals surface area contributed by atoms with E-state index in [4.69, 9.17) is 24.3 Å². The molecule has 7 rings (SSSR count). The number of carbonyl (C=O) groups excluding carboxylic acids is 1. The number of carbonyl (C=O) groups is 1. The maximum atomic E-state index is 15.8. The van der Waals surface area contributed by atoms with Gasteiger partial charge in [-0.2, -0.15) is 5.10 Å². The molecule has 0 spiro atoms. The Hall–Kier alpha value is -4.35. The molecule has 1 fully saturated rings. The normalized spacial score (nSPS) is 15.0. The Balaban J connectivity index is 1.23. The number of piperazine rings is 1. The molecule has 11 nitrogen and oxygen atoms in total. The van der Waals surface area contributed by atoms with Gasteiger partial charge in [0, 0.05) is 60.9 Å². The van der Waals surface area contributed by atoms with Gasteiger partial charge in [-0.05, 0) is 71.6 Å². The predicted molar refractivity (Wildman–Crippen MR) is 243 cm³/mol. The third-order valence-electron chi connectivity index (χ3n) is 11.7. The number of hydrogen-bond acceptors (Lipinski definition) is 7. The minimum absolute atomic E-state index is 0.0629. The van der Waals surface area contributed by atoms with Gasteiger partial charge >= 0.3 is 6.03 Å². The number of ether oxygens (including phenoxy) is 3. The van der Waals surface area contributed by atoms with Gasteiger partial charge in [-0.3, -0.25) is 0 Å². The van der Waals surface area contributed by atoms with Gasteiger partial charge in [0.05, 0.1) is 30.0 Å². The number of likely N-dealkylation sites (N-methyl/N-ethyl adjacent to an activating group) is 1. The first kappa shape index (κ1) is 43.7. The predicted octanol–water partition coefficient (Wildman–Crippen LogP) is 9.55. The van der Waals surface area contributed by atoms with E-state index >= 15 is 4.39 Å². The highest BCUT2D eigenvalue weighted by molar-refractivity contribution is 6.76. The number of nitrogens with zero attached hydrogens (tertiary/aromatic N) is 7. The van der Waals surface area contributed by atoms with Crippen molar-refractivity contribution >= 4 is 33.1 Å². The lowest BCUT2D eigenvalue weighted by Crippen LogP contribution is -2.51. The fourth-order valence-corrected chi connectivity index (χ4v) is 9.35. The summed E-state index contributed by atoms with van der Waals surface area (Å²) < 4.78 is 38.5. The number of rotatable bonds is 17. The third kappa shape index (κ3) is 10.4. The van der Waals surface area contributed by atoms with Gasteiger partial charge in [-0.15, -0.1) is 0 Å². The molecule has 4 heterocycles. The highest BCUT2D eigenvalue weighted by Gasteiger charge is 2.35. The number of urea groups is 1. The van der Waals surface area contributed by atoms with Crippen molar-refractivity contribution in [2.24, 2.45) is 0 Å². The van der Waals surface area contributed by atoms with E-state index in [1.54, 1.807) is 6.07 Å². The Morgan fingerprint density at radius 2 is 1.52 bits per heavy atom. The van der Waals surface area contributed by atoms with Crippen LogP contribution < -0.4 is 4.74 Å². The Bertz CT molecular complexity index is 2260. The summed E-state index contributed by atoms with van der Waals surface area (Å²) in [6, 6.07) is 21.6. The zero-order valence-corrected chi connectivity index (χ0v) is 39.0. The monoisotopic (exact) mass is 853 g/mol. The molecule has 0 aliphatic carbocycles. The molecule has 5 aromatic rings. The van der Waals surface area contributed by atoms with Gasteiger partial charge in [-0.1, -0.05) is 89.5 Å². The van der Waals surface area contributed by atoms with Crippen LogP contribution in [0.4, 0.5) is 9.18 Å². The van der Waals surface area contributed by atoms with E-state index in [1.807, 2.05) is 56.9 Å². The smallest absolute Gasteiger partial charge is 0.320 e. The Morgan fingerprint density at radius 1 is 0.817 bits per heavy atom. The van der Waals surface area contributed by atoms with Crippen molar-refractivity contribution in [3.8, 4) is 28.4 Å². The van der Waals surface area contributed by atoms with Crippen LogP contribution in [0.15, 0.2) is 60.7 Å². The molecule has 0 saturated carbocycles. The molecule has 2 amide bonds.